The molecule has 0 radical (unpaired) electrons. The molecule has 0 aromatic rings. The zero-order valence-corrected chi connectivity index (χ0v) is 9.89. The molecule has 92 valence electrons. The number of ketones is 1. The summed E-state index contributed by atoms with van der Waals surface area (Å²) >= 11 is 0. The molecular weight excluding hydrogens is 210 g/mol. The van der Waals surface area contributed by atoms with E-state index in [4.69, 9.17) is 15.0 Å². The summed E-state index contributed by atoms with van der Waals surface area (Å²) in [7, 11) is 0. The lowest BCUT2D eigenvalue weighted by Crippen LogP contribution is -2.12. The van der Waals surface area contributed by atoms with Crippen LogP contribution in [0.15, 0.2) is 5.11 Å². The molecule has 0 aliphatic rings. The SMILES string of the molecule is CC(C)C(=O)CCOCCOCCN=[N+]=[N-]. The number of nitrogens with zero attached hydrogens (tertiary/aromatic N) is 3. The lowest BCUT2D eigenvalue weighted by molar-refractivity contribution is -0.123. The van der Waals surface area contributed by atoms with Crippen LogP contribution in [0.4, 0.5) is 0 Å². The van der Waals surface area contributed by atoms with Crippen LogP contribution in [-0.4, -0.2) is 38.8 Å². The van der Waals surface area contributed by atoms with E-state index in [1.54, 1.807) is 0 Å². The van der Waals surface area contributed by atoms with Crippen LogP contribution in [-0.2, 0) is 14.3 Å². The van der Waals surface area contributed by atoms with E-state index in [1.165, 1.54) is 0 Å². The first-order valence-corrected chi connectivity index (χ1v) is 5.37. The zero-order chi connectivity index (χ0) is 12.2. The second-order valence-electron chi connectivity index (χ2n) is 3.55. The number of ether oxygens (including phenoxy) is 2. The molecule has 0 atom stereocenters. The Hall–Kier alpha value is -1.10. The highest BCUT2D eigenvalue weighted by atomic mass is 16.5. The monoisotopic (exact) mass is 229 g/mol. The van der Waals surface area contributed by atoms with E-state index in [0.29, 0.717) is 39.4 Å². The number of hydrogen-bond donors (Lipinski definition) is 0. The highest BCUT2D eigenvalue weighted by molar-refractivity contribution is 5.80. The summed E-state index contributed by atoms with van der Waals surface area (Å²) in [5.74, 6) is 0.285. The predicted octanol–water partition coefficient (Wildman–Crippen LogP) is 1.95. The Kier molecular flexibility index (Phi) is 9.70. The molecule has 0 N–H and O–H groups in total. The second-order valence-corrected chi connectivity index (χ2v) is 3.55. The summed E-state index contributed by atoms with van der Waals surface area (Å²) in [5.41, 5.74) is 7.98. The Morgan fingerprint density at radius 1 is 1.25 bits per heavy atom. The first-order chi connectivity index (χ1) is 7.68. The summed E-state index contributed by atoms with van der Waals surface area (Å²) in [6, 6.07) is 0. The topological polar surface area (TPSA) is 84.3 Å². The molecule has 0 aliphatic carbocycles. The molecular formula is C10H19N3O3. The van der Waals surface area contributed by atoms with Crippen LogP contribution in [0.25, 0.3) is 10.4 Å². The van der Waals surface area contributed by atoms with Crippen molar-refractivity contribution in [3.8, 4) is 0 Å². The molecule has 0 rings (SSSR count). The van der Waals surface area contributed by atoms with Gasteiger partial charge in [-0.15, -0.1) is 0 Å². The van der Waals surface area contributed by atoms with Crippen LogP contribution < -0.4 is 0 Å². The Morgan fingerprint density at radius 3 is 2.44 bits per heavy atom. The molecule has 0 saturated carbocycles. The summed E-state index contributed by atoms with van der Waals surface area (Å²) in [4.78, 5) is 13.8. The lowest BCUT2D eigenvalue weighted by Gasteiger charge is -2.05. The number of Topliss-reactive ketones (excluding diaryl/α,β-unsaturated/α-hetero) is 1. The molecule has 0 aromatic carbocycles. The summed E-state index contributed by atoms with van der Waals surface area (Å²) in [5, 5.41) is 3.32. The molecule has 0 bridgehead atoms. The first kappa shape index (κ1) is 14.9. The Morgan fingerprint density at radius 2 is 1.88 bits per heavy atom. The lowest BCUT2D eigenvalue weighted by atomic mass is 10.1. The van der Waals surface area contributed by atoms with Crippen LogP contribution in [0.2, 0.25) is 0 Å². The molecule has 16 heavy (non-hydrogen) atoms. The van der Waals surface area contributed by atoms with Gasteiger partial charge in [0.15, 0.2) is 0 Å². The van der Waals surface area contributed by atoms with Crippen molar-refractivity contribution in [3.05, 3.63) is 10.4 Å². The highest BCUT2D eigenvalue weighted by Crippen LogP contribution is 1.98. The standard InChI is InChI=1S/C10H19N3O3/c1-9(2)10(14)3-5-15-7-8-16-6-4-12-13-11/h9H,3-8H2,1-2H3. The minimum atomic E-state index is 0.0729. The van der Waals surface area contributed by atoms with Crippen LogP contribution in [0.3, 0.4) is 0 Å². The van der Waals surface area contributed by atoms with Gasteiger partial charge in [-0.25, -0.2) is 0 Å². The van der Waals surface area contributed by atoms with Gasteiger partial charge < -0.3 is 9.47 Å². The molecule has 6 heteroatoms. The number of carbonyl (C=O) groups is 1. The number of hydrogen-bond acceptors (Lipinski definition) is 4. The fourth-order valence-corrected chi connectivity index (χ4v) is 0.934. The third-order valence-corrected chi connectivity index (χ3v) is 1.91. The van der Waals surface area contributed by atoms with Gasteiger partial charge in [0.25, 0.3) is 0 Å². The van der Waals surface area contributed by atoms with Crippen molar-refractivity contribution < 1.29 is 14.3 Å². The van der Waals surface area contributed by atoms with Gasteiger partial charge in [-0.2, -0.15) is 0 Å². The maximum absolute atomic E-state index is 11.2. The third kappa shape index (κ3) is 9.45. The van der Waals surface area contributed by atoms with E-state index in [2.05, 4.69) is 10.0 Å². The van der Waals surface area contributed by atoms with E-state index in [9.17, 15) is 4.79 Å². The fraction of sp³-hybridized carbons (Fsp3) is 0.900. The molecule has 0 saturated heterocycles. The van der Waals surface area contributed by atoms with E-state index < -0.39 is 0 Å². The van der Waals surface area contributed by atoms with Crippen molar-refractivity contribution in [3.63, 3.8) is 0 Å². The maximum Gasteiger partial charge on any atom is 0.137 e. The summed E-state index contributed by atoms with van der Waals surface area (Å²) in [6.07, 6.45) is 0.455. The van der Waals surface area contributed by atoms with Gasteiger partial charge in [-0.3, -0.25) is 4.79 Å². The van der Waals surface area contributed by atoms with Crippen LogP contribution in [0.5, 0.6) is 0 Å². The molecule has 0 heterocycles. The van der Waals surface area contributed by atoms with Crippen LogP contribution >= 0.6 is 0 Å². The molecule has 0 unspecified atom stereocenters. The van der Waals surface area contributed by atoms with Crippen LogP contribution in [0.1, 0.15) is 20.3 Å². The normalized spacial score (nSPS) is 10.2. The number of carbonyl (C=O) groups excluding carboxylic acids is 1. The average Bonchev–Trinajstić information content (AvgIpc) is 2.26. The van der Waals surface area contributed by atoms with E-state index in [0.717, 1.165) is 0 Å². The fourth-order valence-electron chi connectivity index (χ4n) is 0.934. The van der Waals surface area contributed by atoms with Gasteiger partial charge in [-0.1, -0.05) is 19.0 Å². The van der Waals surface area contributed by atoms with Crippen molar-refractivity contribution in [2.45, 2.75) is 20.3 Å². The van der Waals surface area contributed by atoms with Gasteiger partial charge in [0.1, 0.15) is 5.78 Å². The van der Waals surface area contributed by atoms with Crippen molar-refractivity contribution in [1.29, 1.82) is 0 Å². The van der Waals surface area contributed by atoms with Crippen molar-refractivity contribution in [1.82, 2.24) is 0 Å². The zero-order valence-electron chi connectivity index (χ0n) is 9.89. The molecule has 0 aromatic heterocycles. The van der Waals surface area contributed by atoms with Crippen molar-refractivity contribution >= 4 is 5.78 Å². The third-order valence-electron chi connectivity index (χ3n) is 1.91. The van der Waals surface area contributed by atoms with Gasteiger partial charge in [0, 0.05) is 23.8 Å². The molecule has 0 spiro atoms. The van der Waals surface area contributed by atoms with E-state index >= 15 is 0 Å². The molecule has 0 amide bonds. The Bertz CT molecular complexity index is 237. The Balaban J connectivity index is 3.15. The van der Waals surface area contributed by atoms with Crippen LogP contribution in [0, 0.1) is 5.92 Å². The molecule has 0 fully saturated rings. The average molecular weight is 229 g/mol. The van der Waals surface area contributed by atoms with Gasteiger partial charge >= 0.3 is 0 Å². The van der Waals surface area contributed by atoms with Gasteiger partial charge in [-0.05, 0) is 5.53 Å². The van der Waals surface area contributed by atoms with Gasteiger partial charge in [0.2, 0.25) is 0 Å². The summed E-state index contributed by atoms with van der Waals surface area (Å²) in [6.45, 7) is 5.85. The van der Waals surface area contributed by atoms with E-state index in [-0.39, 0.29) is 11.7 Å². The molecule has 0 aliphatic heterocycles. The first-order valence-electron chi connectivity index (χ1n) is 5.37. The van der Waals surface area contributed by atoms with Crippen molar-refractivity contribution in [2.24, 2.45) is 11.0 Å². The van der Waals surface area contributed by atoms with Crippen molar-refractivity contribution in [2.75, 3.05) is 33.0 Å². The minimum absolute atomic E-state index is 0.0729. The molecule has 6 nitrogen and oxygen atoms in total. The smallest absolute Gasteiger partial charge is 0.137 e. The minimum Gasteiger partial charge on any atom is -0.379 e. The predicted molar refractivity (Wildman–Crippen MR) is 60.1 cm³/mol. The Labute approximate surface area is 95.5 Å². The maximum atomic E-state index is 11.2. The van der Waals surface area contributed by atoms with Gasteiger partial charge in [0.05, 0.1) is 26.4 Å². The second kappa shape index (κ2) is 10.4. The quantitative estimate of drug-likeness (QED) is 0.248. The summed E-state index contributed by atoms with van der Waals surface area (Å²) < 4.78 is 10.3. The largest absolute Gasteiger partial charge is 0.379 e. The number of azide groups is 1. The highest BCUT2D eigenvalue weighted by Gasteiger charge is 2.05. The van der Waals surface area contributed by atoms with E-state index in [1.807, 2.05) is 13.8 Å². The number of rotatable bonds is 10.